The molecule has 2 heterocycles. The van der Waals surface area contributed by atoms with E-state index in [4.69, 9.17) is 0 Å². The van der Waals surface area contributed by atoms with Crippen LogP contribution in [0.3, 0.4) is 0 Å². The molecule has 0 aromatic carbocycles. The Hall–Kier alpha value is -2.32. The zero-order chi connectivity index (χ0) is 40.8. The summed E-state index contributed by atoms with van der Waals surface area (Å²) in [5.41, 5.74) is -0.533. The van der Waals surface area contributed by atoms with Crippen LogP contribution in [0.25, 0.3) is 0 Å². The molecule has 8 aliphatic rings. The van der Waals surface area contributed by atoms with E-state index >= 15 is 0 Å². The van der Waals surface area contributed by atoms with Gasteiger partial charge in [-0.3, -0.25) is 19.0 Å². The summed E-state index contributed by atoms with van der Waals surface area (Å²) in [5.74, 6) is 8.96. The van der Waals surface area contributed by atoms with Crippen molar-refractivity contribution >= 4 is 11.6 Å². The Kier molecular flexibility index (Phi) is 12.9. The second kappa shape index (κ2) is 17.0. The van der Waals surface area contributed by atoms with Gasteiger partial charge in [0.15, 0.2) is 11.6 Å². The Balaban J connectivity index is 0.000000176. The first-order chi connectivity index (χ1) is 27.6. The number of nitrogens with zero attached hydrogens (tertiary/aromatic N) is 4. The molecule has 0 amide bonds. The summed E-state index contributed by atoms with van der Waals surface area (Å²) in [5, 5.41) is 29.8. The molecule has 8 aliphatic carbocycles. The number of ketones is 2. The van der Waals surface area contributed by atoms with E-state index in [1.54, 1.807) is 12.4 Å². The number of fused-ring (bicyclic) bond motifs is 10. The molecule has 0 aliphatic heterocycles. The molecule has 2 N–H and O–H groups in total. The van der Waals surface area contributed by atoms with E-state index in [2.05, 4.69) is 24.0 Å². The van der Waals surface area contributed by atoms with Crippen LogP contribution < -0.4 is 0 Å². The Bertz CT molecular complexity index is 1640. The molecule has 0 radical (unpaired) electrons. The largest absolute Gasteiger partial charge is 0.390 e. The zero-order valence-corrected chi connectivity index (χ0v) is 36.8. The highest BCUT2D eigenvalue weighted by Gasteiger charge is 2.61. The number of Topliss-reactive ketones (excluding diaryl/α,β-unsaturated/α-hetero) is 2. The lowest BCUT2D eigenvalue weighted by molar-refractivity contribution is -0.135. The molecular weight excluding hydrogens is 745 g/mol. The van der Waals surface area contributed by atoms with Gasteiger partial charge in [0.25, 0.3) is 0 Å². The molecule has 8 heteroatoms. The van der Waals surface area contributed by atoms with Crippen LogP contribution in [0.15, 0.2) is 36.9 Å². The van der Waals surface area contributed by atoms with Crippen molar-refractivity contribution in [1.82, 2.24) is 19.6 Å². The maximum absolute atomic E-state index is 13.5. The second-order valence-electron chi connectivity index (χ2n) is 22.8. The maximum atomic E-state index is 13.5. The molecule has 2 aromatic rings. The molecular formula is C52H84N4O4. The summed E-state index contributed by atoms with van der Waals surface area (Å²) >= 11 is 0. The van der Waals surface area contributed by atoms with Crippen LogP contribution >= 0.6 is 0 Å². The quantitative estimate of drug-likeness (QED) is 0.300. The van der Waals surface area contributed by atoms with Crippen LogP contribution in [0.5, 0.6) is 0 Å². The van der Waals surface area contributed by atoms with E-state index < -0.39 is 11.2 Å². The molecule has 0 spiro atoms. The summed E-state index contributed by atoms with van der Waals surface area (Å²) in [6, 6.07) is 3.52. The molecule has 336 valence electrons. The van der Waals surface area contributed by atoms with E-state index in [0.29, 0.717) is 23.4 Å². The van der Waals surface area contributed by atoms with Crippen molar-refractivity contribution in [3.8, 4) is 0 Å². The van der Waals surface area contributed by atoms with Crippen LogP contribution in [0.2, 0.25) is 0 Å². The van der Waals surface area contributed by atoms with E-state index in [9.17, 15) is 19.8 Å². The normalized spacial score (nSPS) is 46.1. The summed E-state index contributed by atoms with van der Waals surface area (Å²) in [7, 11) is 0. The highest BCUT2D eigenvalue weighted by Crippen LogP contribution is 2.66. The van der Waals surface area contributed by atoms with Gasteiger partial charge in [-0.2, -0.15) is 10.2 Å². The summed E-state index contributed by atoms with van der Waals surface area (Å²) in [6.07, 6.45) is 28.6. The molecule has 0 bridgehead atoms. The van der Waals surface area contributed by atoms with Crippen molar-refractivity contribution in [2.75, 3.05) is 0 Å². The molecule has 0 saturated heterocycles. The fourth-order valence-electron chi connectivity index (χ4n) is 17.0. The van der Waals surface area contributed by atoms with Gasteiger partial charge < -0.3 is 10.2 Å². The SMILES string of the molecule is C.C.C[C@@H](C(=O)[C@H]1CC[C@H]2[C@@H]3CC[C@@H]4C[C@](C)(O)CC[C@@H]4[C@H]3CC[C@]12C)n1cccn1.C[C@H](C(=O)[C@H]1CC[C@H]2[C@@H]3CC[C@@H]4C[C@](C)(O)CC[C@@H]4[C@H]3CC[C@]12C)n1cccn1. The molecule has 60 heavy (non-hydrogen) atoms. The lowest BCUT2D eigenvalue weighted by Crippen LogP contribution is -2.51. The van der Waals surface area contributed by atoms with Crippen molar-refractivity contribution in [3.63, 3.8) is 0 Å². The third-order valence-corrected chi connectivity index (χ3v) is 19.8. The molecule has 8 saturated carbocycles. The second-order valence-corrected chi connectivity index (χ2v) is 22.8. The van der Waals surface area contributed by atoms with Gasteiger partial charge in [-0.05, 0) is 225 Å². The third kappa shape index (κ3) is 7.84. The topological polar surface area (TPSA) is 110 Å². The van der Waals surface area contributed by atoms with Gasteiger partial charge in [-0.1, -0.05) is 28.7 Å². The molecule has 10 rings (SSSR count). The zero-order valence-electron chi connectivity index (χ0n) is 36.8. The van der Waals surface area contributed by atoms with Crippen LogP contribution in [0.4, 0.5) is 0 Å². The van der Waals surface area contributed by atoms with Gasteiger partial charge in [-0.25, -0.2) is 0 Å². The Morgan fingerprint density at radius 2 is 0.917 bits per heavy atom. The first kappa shape index (κ1) is 45.7. The number of carbonyl (C=O) groups excluding carboxylic acids is 2. The predicted octanol–water partition coefficient (Wildman–Crippen LogP) is 11.3. The third-order valence-electron chi connectivity index (χ3n) is 19.8. The van der Waals surface area contributed by atoms with Crippen LogP contribution in [0.1, 0.15) is 184 Å². The monoisotopic (exact) mass is 829 g/mol. The van der Waals surface area contributed by atoms with E-state index in [-0.39, 0.29) is 49.6 Å². The first-order valence-corrected chi connectivity index (χ1v) is 24.1. The summed E-state index contributed by atoms with van der Waals surface area (Å²) in [4.78, 5) is 26.9. The molecule has 8 fully saturated rings. The minimum Gasteiger partial charge on any atom is -0.390 e. The number of rotatable bonds is 6. The maximum Gasteiger partial charge on any atom is 0.160 e. The fraction of sp³-hybridized carbons (Fsp3) is 0.846. The van der Waals surface area contributed by atoms with Gasteiger partial charge in [0.05, 0.1) is 11.2 Å². The average molecular weight is 829 g/mol. The number of aliphatic hydroxyl groups is 2. The van der Waals surface area contributed by atoms with Gasteiger partial charge in [-0.15, -0.1) is 0 Å². The number of aromatic nitrogens is 4. The van der Waals surface area contributed by atoms with Crippen molar-refractivity contribution in [1.29, 1.82) is 0 Å². The van der Waals surface area contributed by atoms with Gasteiger partial charge in [0.1, 0.15) is 12.1 Å². The van der Waals surface area contributed by atoms with Gasteiger partial charge in [0.2, 0.25) is 0 Å². The molecule has 0 unspecified atom stereocenters. The van der Waals surface area contributed by atoms with Crippen molar-refractivity contribution < 1.29 is 19.8 Å². The Labute approximate surface area is 363 Å². The average Bonchev–Trinajstić information content (AvgIpc) is 4.03. The number of carbonyl (C=O) groups is 2. The predicted molar refractivity (Wildman–Crippen MR) is 240 cm³/mol. The smallest absolute Gasteiger partial charge is 0.160 e. The summed E-state index contributed by atoms with van der Waals surface area (Å²) < 4.78 is 3.67. The molecule has 2 aromatic heterocycles. The molecule has 18 atom stereocenters. The van der Waals surface area contributed by atoms with E-state index in [1.807, 2.05) is 61.6 Å². The number of hydrogen-bond donors (Lipinski definition) is 2. The highest BCUT2D eigenvalue weighted by molar-refractivity contribution is 5.86. The van der Waals surface area contributed by atoms with Crippen molar-refractivity contribution in [2.45, 2.75) is 195 Å². The Morgan fingerprint density at radius 1 is 0.533 bits per heavy atom. The van der Waals surface area contributed by atoms with Crippen LogP contribution in [-0.4, -0.2) is 52.5 Å². The van der Waals surface area contributed by atoms with E-state index in [1.165, 1.54) is 77.0 Å². The minimum atomic E-state index is -0.440. The van der Waals surface area contributed by atoms with E-state index in [0.717, 1.165) is 85.9 Å². The first-order valence-electron chi connectivity index (χ1n) is 24.1. The minimum absolute atomic E-state index is 0. The van der Waals surface area contributed by atoms with Crippen molar-refractivity contribution in [2.24, 2.45) is 81.8 Å². The lowest BCUT2D eigenvalue weighted by atomic mass is 9.49. The lowest BCUT2D eigenvalue weighted by Gasteiger charge is -2.57. The standard InChI is InChI=1S/2C25H38N2O2.2CH4/c2*1-16(27-14-4-13-26-27)23(28)22-8-7-21-20-6-5-17-15-24(2,29)11-9-18(17)19(20)10-12-25(21,22)3;;/h2*4,13-14,16-22,29H,5-12,15H2,1-3H3;2*1H4/t16-,17+,18-,19+,20+,21-,22+,24+,25-;16-,17-,18+,19-,20-,21+,22-,24-,25+;;/m01../s1. The highest BCUT2D eigenvalue weighted by atomic mass is 16.3. The summed E-state index contributed by atoms with van der Waals surface area (Å²) in [6.45, 7) is 13.0. The number of hydrogen-bond acceptors (Lipinski definition) is 6. The fourth-order valence-corrected chi connectivity index (χ4v) is 17.0. The Morgan fingerprint density at radius 3 is 1.28 bits per heavy atom. The van der Waals surface area contributed by atoms with Gasteiger partial charge >= 0.3 is 0 Å². The van der Waals surface area contributed by atoms with Crippen LogP contribution in [0, 0.1) is 81.8 Å². The van der Waals surface area contributed by atoms with Crippen LogP contribution in [-0.2, 0) is 9.59 Å². The van der Waals surface area contributed by atoms with Gasteiger partial charge in [0, 0.05) is 36.6 Å². The van der Waals surface area contributed by atoms with Crippen molar-refractivity contribution in [3.05, 3.63) is 36.9 Å². The molecule has 8 nitrogen and oxygen atoms in total.